The van der Waals surface area contributed by atoms with Crippen molar-refractivity contribution in [2.45, 2.75) is 25.8 Å². The molecule has 1 aliphatic rings. The Bertz CT molecular complexity index is 829. The van der Waals surface area contributed by atoms with Crippen molar-refractivity contribution in [3.8, 4) is 5.69 Å². The van der Waals surface area contributed by atoms with Gasteiger partial charge in [-0.1, -0.05) is 0 Å². The predicted octanol–water partition coefficient (Wildman–Crippen LogP) is 3.90. The maximum Gasteiger partial charge on any atom is 0.256 e. The number of rotatable bonds is 5. The summed E-state index contributed by atoms with van der Waals surface area (Å²) in [7, 11) is 0. The van der Waals surface area contributed by atoms with Crippen LogP contribution in [0, 0.1) is 5.92 Å². The van der Waals surface area contributed by atoms with Crippen LogP contribution in [0.4, 0.5) is 5.82 Å². The summed E-state index contributed by atoms with van der Waals surface area (Å²) in [6.07, 6.45) is 8.19. The summed E-state index contributed by atoms with van der Waals surface area (Å²) in [6, 6.07) is 13.7. The zero-order valence-corrected chi connectivity index (χ0v) is 13.6. The van der Waals surface area contributed by atoms with Crippen molar-refractivity contribution < 1.29 is 4.79 Å². The Morgan fingerprint density at radius 3 is 2.54 bits per heavy atom. The molecule has 5 nitrogen and oxygen atoms in total. The third kappa shape index (κ3) is 2.85. The quantitative estimate of drug-likeness (QED) is 0.775. The van der Waals surface area contributed by atoms with E-state index in [1.54, 1.807) is 6.20 Å². The molecule has 2 heterocycles. The number of nitrogens with zero attached hydrogens (tertiary/aromatic N) is 3. The van der Waals surface area contributed by atoms with Gasteiger partial charge in [0.25, 0.3) is 5.91 Å². The van der Waals surface area contributed by atoms with Crippen molar-refractivity contribution in [2.75, 3.05) is 5.32 Å². The van der Waals surface area contributed by atoms with E-state index in [-0.39, 0.29) is 5.91 Å². The number of anilines is 1. The molecular formula is C19H20N4O. The van der Waals surface area contributed by atoms with E-state index in [9.17, 15) is 4.79 Å². The first kappa shape index (κ1) is 14.8. The van der Waals surface area contributed by atoms with E-state index >= 15 is 0 Å². The molecule has 2 aromatic heterocycles. The van der Waals surface area contributed by atoms with Gasteiger partial charge in [0.1, 0.15) is 5.82 Å². The lowest BCUT2D eigenvalue weighted by Crippen LogP contribution is -2.18. The first-order valence-electron chi connectivity index (χ1n) is 8.30. The van der Waals surface area contributed by atoms with Gasteiger partial charge in [0, 0.05) is 29.7 Å². The average Bonchev–Trinajstić information content (AvgIpc) is 3.11. The van der Waals surface area contributed by atoms with E-state index in [2.05, 4.69) is 17.3 Å². The molecule has 0 radical (unpaired) electrons. The van der Waals surface area contributed by atoms with E-state index in [1.807, 2.05) is 64.1 Å². The van der Waals surface area contributed by atoms with Crippen molar-refractivity contribution in [3.05, 3.63) is 66.6 Å². The largest absolute Gasteiger partial charge is 0.324 e. The van der Waals surface area contributed by atoms with E-state index < -0.39 is 0 Å². The minimum absolute atomic E-state index is 0.112. The highest BCUT2D eigenvalue weighted by Gasteiger charge is 2.30. The van der Waals surface area contributed by atoms with Gasteiger partial charge < -0.3 is 9.88 Å². The van der Waals surface area contributed by atoms with Crippen molar-refractivity contribution in [1.82, 2.24) is 14.3 Å². The van der Waals surface area contributed by atoms with Gasteiger partial charge in [-0.2, -0.15) is 5.10 Å². The van der Waals surface area contributed by atoms with E-state index in [1.165, 1.54) is 12.8 Å². The molecule has 5 heteroatoms. The molecule has 1 aromatic carbocycles. The Hall–Kier alpha value is -2.82. The summed E-state index contributed by atoms with van der Waals surface area (Å²) in [5.74, 6) is 1.33. The molecule has 1 N–H and O–H groups in total. The Morgan fingerprint density at radius 2 is 1.88 bits per heavy atom. The smallest absolute Gasteiger partial charge is 0.256 e. The molecule has 0 spiro atoms. The van der Waals surface area contributed by atoms with Crippen LogP contribution in [0.25, 0.3) is 5.69 Å². The number of amides is 1. The number of carbonyl (C=O) groups excluding carboxylic acids is 1. The molecule has 3 aromatic rings. The monoisotopic (exact) mass is 320 g/mol. The lowest BCUT2D eigenvalue weighted by atomic mass is 10.2. The summed E-state index contributed by atoms with van der Waals surface area (Å²) in [4.78, 5) is 12.5. The van der Waals surface area contributed by atoms with Gasteiger partial charge >= 0.3 is 0 Å². The van der Waals surface area contributed by atoms with Crippen LogP contribution in [0.2, 0.25) is 0 Å². The average molecular weight is 320 g/mol. The SMILES string of the molecule is CC(C1CC1)n1nccc1NC(=O)c1ccc(-n2cccc2)cc1. The van der Waals surface area contributed by atoms with Crippen LogP contribution in [0.5, 0.6) is 0 Å². The number of aromatic nitrogens is 3. The fourth-order valence-electron chi connectivity index (χ4n) is 3.00. The van der Waals surface area contributed by atoms with Crippen molar-refractivity contribution in [3.63, 3.8) is 0 Å². The Balaban J connectivity index is 1.49. The zero-order valence-electron chi connectivity index (χ0n) is 13.6. The van der Waals surface area contributed by atoms with Gasteiger partial charge in [0.15, 0.2) is 0 Å². The number of benzene rings is 1. The van der Waals surface area contributed by atoms with Gasteiger partial charge in [-0.05, 0) is 62.1 Å². The van der Waals surface area contributed by atoms with Gasteiger partial charge in [-0.15, -0.1) is 0 Å². The van der Waals surface area contributed by atoms with Crippen LogP contribution in [0.1, 0.15) is 36.2 Å². The first-order chi connectivity index (χ1) is 11.7. The Kier molecular flexibility index (Phi) is 3.69. The highest BCUT2D eigenvalue weighted by atomic mass is 16.1. The van der Waals surface area contributed by atoms with E-state index in [0.29, 0.717) is 17.5 Å². The molecule has 1 saturated carbocycles. The fraction of sp³-hybridized carbons (Fsp3) is 0.263. The second-order valence-corrected chi connectivity index (χ2v) is 6.33. The topological polar surface area (TPSA) is 51.9 Å². The van der Waals surface area contributed by atoms with Crippen LogP contribution in [0.15, 0.2) is 61.1 Å². The number of hydrogen-bond donors (Lipinski definition) is 1. The highest BCUT2D eigenvalue weighted by molar-refractivity contribution is 6.03. The van der Waals surface area contributed by atoms with E-state index in [0.717, 1.165) is 11.5 Å². The summed E-state index contributed by atoms with van der Waals surface area (Å²) in [6.45, 7) is 2.16. The molecule has 0 saturated heterocycles. The highest BCUT2D eigenvalue weighted by Crippen LogP contribution is 2.40. The first-order valence-corrected chi connectivity index (χ1v) is 8.30. The maximum absolute atomic E-state index is 12.5. The van der Waals surface area contributed by atoms with Crippen LogP contribution in [0.3, 0.4) is 0 Å². The summed E-state index contributed by atoms with van der Waals surface area (Å²) >= 11 is 0. The molecule has 1 unspecified atom stereocenters. The third-order valence-electron chi connectivity index (χ3n) is 4.63. The lowest BCUT2D eigenvalue weighted by molar-refractivity contribution is 0.102. The summed E-state index contributed by atoms with van der Waals surface area (Å²) in [5, 5.41) is 7.35. The number of carbonyl (C=O) groups is 1. The van der Waals surface area contributed by atoms with Gasteiger partial charge in [0.05, 0.1) is 12.2 Å². The Morgan fingerprint density at radius 1 is 1.17 bits per heavy atom. The molecule has 1 fully saturated rings. The van der Waals surface area contributed by atoms with Crippen LogP contribution in [-0.2, 0) is 0 Å². The summed E-state index contributed by atoms with van der Waals surface area (Å²) < 4.78 is 3.93. The minimum atomic E-state index is -0.112. The fourth-order valence-corrected chi connectivity index (χ4v) is 3.00. The normalized spacial score (nSPS) is 15.2. The predicted molar refractivity (Wildman–Crippen MR) is 93.4 cm³/mol. The van der Waals surface area contributed by atoms with Crippen LogP contribution < -0.4 is 5.32 Å². The third-order valence-corrected chi connectivity index (χ3v) is 4.63. The van der Waals surface area contributed by atoms with Gasteiger partial charge in [-0.25, -0.2) is 4.68 Å². The Labute approximate surface area is 140 Å². The molecule has 1 amide bonds. The molecule has 1 atom stereocenters. The number of hydrogen-bond acceptors (Lipinski definition) is 2. The van der Waals surface area contributed by atoms with Crippen LogP contribution >= 0.6 is 0 Å². The van der Waals surface area contributed by atoms with Gasteiger partial charge in [0.2, 0.25) is 0 Å². The summed E-state index contributed by atoms with van der Waals surface area (Å²) in [5.41, 5.74) is 1.67. The second kappa shape index (κ2) is 6.00. The zero-order chi connectivity index (χ0) is 16.5. The molecule has 24 heavy (non-hydrogen) atoms. The molecular weight excluding hydrogens is 300 g/mol. The van der Waals surface area contributed by atoms with E-state index in [4.69, 9.17) is 0 Å². The molecule has 4 rings (SSSR count). The molecule has 0 bridgehead atoms. The standard InChI is InChI=1S/C19H20N4O/c1-14(15-4-5-15)23-18(10-11-20-23)21-19(24)16-6-8-17(9-7-16)22-12-2-3-13-22/h2-3,6-15H,4-5H2,1H3,(H,21,24). The lowest BCUT2D eigenvalue weighted by Gasteiger charge is -2.15. The second-order valence-electron chi connectivity index (χ2n) is 6.33. The van der Waals surface area contributed by atoms with Crippen molar-refractivity contribution >= 4 is 11.7 Å². The molecule has 1 aliphatic carbocycles. The number of nitrogens with one attached hydrogen (secondary N) is 1. The van der Waals surface area contributed by atoms with Gasteiger partial charge in [-0.3, -0.25) is 4.79 Å². The molecule has 122 valence electrons. The maximum atomic E-state index is 12.5. The molecule has 0 aliphatic heterocycles. The van der Waals surface area contributed by atoms with Crippen molar-refractivity contribution in [1.29, 1.82) is 0 Å². The van der Waals surface area contributed by atoms with Crippen molar-refractivity contribution in [2.24, 2.45) is 5.92 Å². The minimum Gasteiger partial charge on any atom is -0.324 e. The van der Waals surface area contributed by atoms with Crippen LogP contribution in [-0.4, -0.2) is 20.3 Å².